The summed E-state index contributed by atoms with van der Waals surface area (Å²) < 4.78 is 6.56. The fourth-order valence-corrected chi connectivity index (χ4v) is 2.06. The van der Waals surface area contributed by atoms with Crippen LogP contribution in [0.3, 0.4) is 0 Å². The summed E-state index contributed by atoms with van der Waals surface area (Å²) in [5.74, 6) is 1.11. The van der Waals surface area contributed by atoms with E-state index in [1.54, 1.807) is 25.3 Å². The van der Waals surface area contributed by atoms with Crippen LogP contribution in [0.5, 0.6) is 11.5 Å². The van der Waals surface area contributed by atoms with Crippen LogP contribution in [-0.4, -0.2) is 10.1 Å². The van der Waals surface area contributed by atoms with E-state index in [0.717, 1.165) is 4.47 Å². The van der Waals surface area contributed by atoms with E-state index >= 15 is 0 Å². The lowest BCUT2D eigenvalue weighted by Gasteiger charge is -2.13. The van der Waals surface area contributed by atoms with Crippen LogP contribution in [0, 0.1) is 0 Å². The van der Waals surface area contributed by atoms with E-state index in [-0.39, 0.29) is 0 Å². The fourth-order valence-electron chi connectivity index (χ4n) is 1.51. The van der Waals surface area contributed by atoms with Crippen molar-refractivity contribution in [3.63, 3.8) is 0 Å². The molecular weight excluding hydrogens is 318 g/mol. The lowest BCUT2D eigenvalue weighted by atomic mass is 10.1. The van der Waals surface area contributed by atoms with Crippen LogP contribution in [0.25, 0.3) is 0 Å². The summed E-state index contributed by atoms with van der Waals surface area (Å²) in [6.07, 6.45) is 2.48. The number of hydrogen-bond acceptors (Lipinski definition) is 3. The van der Waals surface area contributed by atoms with Gasteiger partial charge in [-0.25, -0.2) is 0 Å². The summed E-state index contributed by atoms with van der Waals surface area (Å²) in [5, 5.41) is 10.2. The van der Waals surface area contributed by atoms with Crippen molar-refractivity contribution in [2.75, 3.05) is 0 Å². The third-order valence-electron chi connectivity index (χ3n) is 2.33. The first-order chi connectivity index (χ1) is 8.56. The van der Waals surface area contributed by atoms with Crippen LogP contribution in [0.2, 0.25) is 5.02 Å². The maximum atomic E-state index is 9.72. The molecule has 0 aliphatic rings. The summed E-state index contributed by atoms with van der Waals surface area (Å²) in [6.45, 7) is 1.69. The monoisotopic (exact) mass is 327 g/mol. The molecule has 1 heterocycles. The Morgan fingerprint density at radius 2 is 2.11 bits per heavy atom. The third kappa shape index (κ3) is 3.22. The minimum atomic E-state index is -0.621. The standard InChI is InChI=1S/C13H11BrClNO2/c1-8(17)12-4-9(14)2-3-13(12)18-11-5-10(15)6-16-7-11/h2-8,17H,1H3. The fraction of sp³-hybridized carbons (Fsp3) is 0.154. The lowest BCUT2D eigenvalue weighted by molar-refractivity contribution is 0.195. The van der Waals surface area contributed by atoms with Crippen molar-refractivity contribution in [3.8, 4) is 11.5 Å². The molecule has 0 saturated carbocycles. The minimum absolute atomic E-state index is 0.503. The molecule has 0 fully saturated rings. The molecule has 1 unspecified atom stereocenters. The number of hydrogen-bond donors (Lipinski definition) is 1. The normalized spacial score (nSPS) is 12.2. The molecule has 18 heavy (non-hydrogen) atoms. The van der Waals surface area contributed by atoms with Gasteiger partial charge in [-0.1, -0.05) is 27.5 Å². The summed E-state index contributed by atoms with van der Waals surface area (Å²) in [7, 11) is 0. The van der Waals surface area contributed by atoms with E-state index in [1.807, 2.05) is 12.1 Å². The Kier molecular flexibility index (Phi) is 4.22. The van der Waals surface area contributed by atoms with Crippen molar-refractivity contribution in [2.24, 2.45) is 0 Å². The number of ether oxygens (including phenoxy) is 1. The van der Waals surface area contributed by atoms with E-state index < -0.39 is 6.10 Å². The van der Waals surface area contributed by atoms with Gasteiger partial charge in [0.25, 0.3) is 0 Å². The number of nitrogens with zero attached hydrogens (tertiary/aromatic N) is 1. The van der Waals surface area contributed by atoms with Crippen LogP contribution in [0.1, 0.15) is 18.6 Å². The summed E-state index contributed by atoms with van der Waals surface area (Å²) in [6, 6.07) is 7.12. The largest absolute Gasteiger partial charge is 0.455 e. The second-order valence-corrected chi connectivity index (χ2v) is 5.15. The highest BCUT2D eigenvalue weighted by Crippen LogP contribution is 2.32. The molecular formula is C13H11BrClNO2. The Morgan fingerprint density at radius 3 is 2.78 bits per heavy atom. The molecule has 1 N–H and O–H groups in total. The van der Waals surface area contributed by atoms with Crippen molar-refractivity contribution in [2.45, 2.75) is 13.0 Å². The average Bonchev–Trinajstić information content (AvgIpc) is 2.31. The smallest absolute Gasteiger partial charge is 0.147 e. The minimum Gasteiger partial charge on any atom is -0.455 e. The van der Waals surface area contributed by atoms with E-state index in [4.69, 9.17) is 16.3 Å². The lowest BCUT2D eigenvalue weighted by Crippen LogP contribution is -1.96. The zero-order chi connectivity index (χ0) is 13.1. The van der Waals surface area contributed by atoms with Crippen LogP contribution in [-0.2, 0) is 0 Å². The van der Waals surface area contributed by atoms with Gasteiger partial charge in [-0.15, -0.1) is 0 Å². The highest BCUT2D eigenvalue weighted by Gasteiger charge is 2.11. The van der Waals surface area contributed by atoms with Gasteiger partial charge in [-0.3, -0.25) is 4.98 Å². The van der Waals surface area contributed by atoms with Gasteiger partial charge in [-0.2, -0.15) is 0 Å². The molecule has 1 aromatic heterocycles. The Hall–Kier alpha value is -1.10. The molecule has 3 nitrogen and oxygen atoms in total. The Labute approximate surface area is 119 Å². The number of aliphatic hydroxyl groups is 1. The Bertz CT molecular complexity index is 560. The molecule has 1 atom stereocenters. The molecule has 94 valence electrons. The average molecular weight is 329 g/mol. The maximum absolute atomic E-state index is 9.72. The first kappa shape index (κ1) is 13.3. The maximum Gasteiger partial charge on any atom is 0.147 e. The molecule has 1 aromatic carbocycles. The molecule has 0 radical (unpaired) electrons. The van der Waals surface area contributed by atoms with E-state index in [1.165, 1.54) is 6.20 Å². The van der Waals surface area contributed by atoms with Crippen LogP contribution in [0.15, 0.2) is 41.1 Å². The Balaban J connectivity index is 2.34. The number of halogens is 2. The van der Waals surface area contributed by atoms with Crippen molar-refractivity contribution in [1.29, 1.82) is 0 Å². The second-order valence-electron chi connectivity index (χ2n) is 3.80. The van der Waals surface area contributed by atoms with Crippen LogP contribution in [0.4, 0.5) is 0 Å². The number of pyridine rings is 1. The van der Waals surface area contributed by atoms with Gasteiger partial charge in [0.15, 0.2) is 0 Å². The van der Waals surface area contributed by atoms with E-state index in [9.17, 15) is 5.11 Å². The van der Waals surface area contributed by atoms with Gasteiger partial charge in [0.1, 0.15) is 11.5 Å². The third-order valence-corrected chi connectivity index (χ3v) is 3.03. The van der Waals surface area contributed by atoms with E-state index in [0.29, 0.717) is 22.1 Å². The van der Waals surface area contributed by atoms with Crippen molar-refractivity contribution < 1.29 is 9.84 Å². The molecule has 0 spiro atoms. The van der Waals surface area contributed by atoms with Gasteiger partial charge in [-0.05, 0) is 25.1 Å². The van der Waals surface area contributed by atoms with Gasteiger partial charge in [0, 0.05) is 22.3 Å². The molecule has 5 heteroatoms. The van der Waals surface area contributed by atoms with E-state index in [2.05, 4.69) is 20.9 Å². The summed E-state index contributed by atoms with van der Waals surface area (Å²) in [5.41, 5.74) is 0.698. The topological polar surface area (TPSA) is 42.4 Å². The van der Waals surface area contributed by atoms with Gasteiger partial charge >= 0.3 is 0 Å². The van der Waals surface area contributed by atoms with Gasteiger partial charge in [0.05, 0.1) is 17.3 Å². The molecule has 2 rings (SSSR count). The first-order valence-corrected chi connectivity index (χ1v) is 6.49. The quantitative estimate of drug-likeness (QED) is 0.911. The SMILES string of the molecule is CC(O)c1cc(Br)ccc1Oc1cncc(Cl)c1. The first-order valence-electron chi connectivity index (χ1n) is 5.32. The zero-order valence-corrected chi connectivity index (χ0v) is 11.9. The highest BCUT2D eigenvalue weighted by atomic mass is 79.9. The number of rotatable bonds is 3. The number of aromatic nitrogens is 1. The predicted molar refractivity (Wildman–Crippen MR) is 74.1 cm³/mol. The summed E-state index contributed by atoms with van der Waals surface area (Å²) in [4.78, 5) is 3.94. The highest BCUT2D eigenvalue weighted by molar-refractivity contribution is 9.10. The Morgan fingerprint density at radius 1 is 1.33 bits per heavy atom. The molecule has 2 aromatic rings. The van der Waals surface area contributed by atoms with Crippen molar-refractivity contribution >= 4 is 27.5 Å². The van der Waals surface area contributed by atoms with Crippen molar-refractivity contribution in [3.05, 3.63) is 51.7 Å². The molecule has 0 aliphatic heterocycles. The zero-order valence-electron chi connectivity index (χ0n) is 9.60. The van der Waals surface area contributed by atoms with Crippen LogP contribution < -0.4 is 4.74 Å². The van der Waals surface area contributed by atoms with Gasteiger partial charge in [0.2, 0.25) is 0 Å². The second kappa shape index (κ2) is 5.69. The summed E-state index contributed by atoms with van der Waals surface area (Å²) >= 11 is 9.20. The van der Waals surface area contributed by atoms with Crippen molar-refractivity contribution in [1.82, 2.24) is 4.98 Å². The van der Waals surface area contributed by atoms with Crippen LogP contribution >= 0.6 is 27.5 Å². The van der Waals surface area contributed by atoms with Gasteiger partial charge < -0.3 is 9.84 Å². The number of benzene rings is 1. The molecule has 0 saturated heterocycles. The molecule has 0 amide bonds. The predicted octanol–water partition coefficient (Wildman–Crippen LogP) is 4.34. The molecule has 0 bridgehead atoms. The molecule has 0 aliphatic carbocycles. The number of aliphatic hydroxyl groups excluding tert-OH is 1.